The largest absolute Gasteiger partial charge is 0.481 e. The number of hydrogen-bond donors (Lipinski definition) is 2. The first kappa shape index (κ1) is 26.4. The van der Waals surface area contributed by atoms with Gasteiger partial charge in [-0.2, -0.15) is 0 Å². The fourth-order valence-corrected chi connectivity index (χ4v) is 4.94. The van der Waals surface area contributed by atoms with Crippen molar-refractivity contribution in [2.75, 3.05) is 19.6 Å². The molecule has 0 saturated carbocycles. The van der Waals surface area contributed by atoms with Crippen LogP contribution in [0.1, 0.15) is 60.5 Å². The predicted molar refractivity (Wildman–Crippen MR) is 134 cm³/mol. The van der Waals surface area contributed by atoms with Crippen molar-refractivity contribution in [2.45, 2.75) is 52.6 Å². The Balaban J connectivity index is 1.85. The topological polar surface area (TPSA) is 107 Å². The van der Waals surface area contributed by atoms with Gasteiger partial charge in [-0.1, -0.05) is 44.5 Å². The zero-order valence-electron chi connectivity index (χ0n) is 20.6. The summed E-state index contributed by atoms with van der Waals surface area (Å²) >= 11 is 1.36. The number of hydrogen-bond acceptors (Lipinski definition) is 5. The molecule has 1 saturated heterocycles. The highest BCUT2D eigenvalue weighted by molar-refractivity contribution is 7.10. The van der Waals surface area contributed by atoms with Crippen LogP contribution in [0.5, 0.6) is 0 Å². The van der Waals surface area contributed by atoms with E-state index in [4.69, 9.17) is 0 Å². The van der Waals surface area contributed by atoms with Crippen LogP contribution in [0.25, 0.3) is 0 Å². The maximum atomic E-state index is 13.5. The minimum absolute atomic E-state index is 0.0404. The van der Waals surface area contributed by atoms with Crippen LogP contribution >= 0.6 is 11.3 Å². The Hall–Kier alpha value is -3.20. The zero-order chi connectivity index (χ0) is 25.8. The molecule has 3 amide bonds. The second-order valence-electron chi connectivity index (χ2n) is 10.1. The molecule has 2 atom stereocenters. The lowest BCUT2D eigenvalue weighted by atomic mass is 9.91. The van der Waals surface area contributed by atoms with Crippen molar-refractivity contribution < 1.29 is 24.3 Å². The van der Waals surface area contributed by atoms with Crippen LogP contribution < -0.4 is 5.32 Å². The van der Waals surface area contributed by atoms with Gasteiger partial charge in [-0.25, -0.2) is 0 Å². The molecule has 0 aliphatic carbocycles. The van der Waals surface area contributed by atoms with Crippen molar-refractivity contribution in [3.05, 3.63) is 57.8 Å². The third-order valence-corrected chi connectivity index (χ3v) is 6.80. The highest BCUT2D eigenvalue weighted by Crippen LogP contribution is 2.25. The van der Waals surface area contributed by atoms with Crippen molar-refractivity contribution in [1.29, 1.82) is 0 Å². The van der Waals surface area contributed by atoms with E-state index in [0.717, 1.165) is 10.4 Å². The molecule has 8 nitrogen and oxygen atoms in total. The van der Waals surface area contributed by atoms with Crippen molar-refractivity contribution in [3.63, 3.8) is 0 Å². The molecule has 1 aromatic heterocycles. The summed E-state index contributed by atoms with van der Waals surface area (Å²) in [5, 5.41) is 14.0. The van der Waals surface area contributed by atoms with E-state index in [1.165, 1.54) is 16.2 Å². The number of carboxylic acids is 1. The molecule has 188 valence electrons. The second-order valence-corrected chi connectivity index (χ2v) is 11.1. The number of aliphatic carboxylic acids is 1. The SMILES string of the molecule is Cc1cccc(C(=O)N2CCN(C(=O)CC(C)(C)C)C(C(=O)NC(CC(=O)O)c3cccs3)C2)c1. The first-order valence-electron chi connectivity index (χ1n) is 11.7. The number of nitrogens with one attached hydrogen (secondary N) is 1. The van der Waals surface area contributed by atoms with E-state index in [-0.39, 0.29) is 43.2 Å². The van der Waals surface area contributed by atoms with E-state index in [1.807, 2.05) is 45.2 Å². The lowest BCUT2D eigenvalue weighted by molar-refractivity contribution is -0.145. The smallest absolute Gasteiger partial charge is 0.305 e. The Bertz CT molecular complexity index is 1080. The highest BCUT2D eigenvalue weighted by Gasteiger charge is 2.39. The van der Waals surface area contributed by atoms with Crippen LogP contribution in [0.3, 0.4) is 0 Å². The van der Waals surface area contributed by atoms with Crippen molar-refractivity contribution in [2.24, 2.45) is 5.41 Å². The molecule has 2 unspecified atom stereocenters. The Morgan fingerprint density at radius 2 is 1.89 bits per heavy atom. The standard InChI is InChI=1S/C26H33N3O5S/c1-17-7-5-8-18(13-17)25(34)28-10-11-29(22(30)15-26(2,3)4)20(16-28)24(33)27-19(14-23(31)32)21-9-6-12-35-21/h5-9,12-13,19-20H,10-11,14-16H2,1-4H3,(H,27,33)(H,31,32). The van der Waals surface area contributed by atoms with Gasteiger partial charge in [-0.15, -0.1) is 11.3 Å². The van der Waals surface area contributed by atoms with Crippen LogP contribution in [-0.2, 0) is 14.4 Å². The average Bonchev–Trinajstić information content (AvgIpc) is 3.31. The molecule has 1 fully saturated rings. The molecule has 1 aromatic carbocycles. The maximum absolute atomic E-state index is 13.5. The molecule has 0 spiro atoms. The van der Waals surface area contributed by atoms with Crippen molar-refractivity contribution >= 4 is 35.0 Å². The number of aryl methyl sites for hydroxylation is 1. The molecule has 0 bridgehead atoms. The van der Waals surface area contributed by atoms with Gasteiger partial charge in [-0.3, -0.25) is 19.2 Å². The van der Waals surface area contributed by atoms with Gasteiger partial charge in [0, 0.05) is 30.0 Å². The van der Waals surface area contributed by atoms with Crippen LogP contribution in [-0.4, -0.2) is 64.3 Å². The summed E-state index contributed by atoms with van der Waals surface area (Å²) in [6.45, 7) is 8.36. The number of carboxylic acid groups (broad SMARTS) is 1. The first-order valence-corrected chi connectivity index (χ1v) is 12.5. The van der Waals surface area contributed by atoms with E-state index >= 15 is 0 Å². The van der Waals surface area contributed by atoms with Gasteiger partial charge < -0.3 is 20.2 Å². The summed E-state index contributed by atoms with van der Waals surface area (Å²) in [6, 6.07) is 9.19. The number of piperazine rings is 1. The van der Waals surface area contributed by atoms with Crippen molar-refractivity contribution in [1.82, 2.24) is 15.1 Å². The van der Waals surface area contributed by atoms with Gasteiger partial charge in [0.1, 0.15) is 6.04 Å². The fraction of sp³-hybridized carbons (Fsp3) is 0.462. The minimum atomic E-state index is -1.04. The van der Waals surface area contributed by atoms with Gasteiger partial charge in [0.25, 0.3) is 5.91 Å². The van der Waals surface area contributed by atoms with Gasteiger partial charge in [0.15, 0.2) is 0 Å². The van der Waals surface area contributed by atoms with E-state index in [1.54, 1.807) is 29.2 Å². The van der Waals surface area contributed by atoms with E-state index < -0.39 is 24.0 Å². The molecular formula is C26H33N3O5S. The molecular weight excluding hydrogens is 466 g/mol. The van der Waals surface area contributed by atoms with Crippen LogP contribution in [0.2, 0.25) is 0 Å². The first-order chi connectivity index (χ1) is 16.4. The molecule has 1 aliphatic rings. The Morgan fingerprint density at radius 3 is 2.49 bits per heavy atom. The summed E-state index contributed by atoms with van der Waals surface area (Å²) in [4.78, 5) is 55.2. The molecule has 1 aliphatic heterocycles. The third-order valence-electron chi connectivity index (χ3n) is 5.82. The van der Waals surface area contributed by atoms with Gasteiger partial charge in [0.2, 0.25) is 11.8 Å². The van der Waals surface area contributed by atoms with Crippen molar-refractivity contribution in [3.8, 4) is 0 Å². The molecule has 2 N–H and O–H groups in total. The maximum Gasteiger partial charge on any atom is 0.305 e. The second kappa shape index (κ2) is 11.0. The molecule has 3 rings (SSSR count). The molecule has 2 heterocycles. The van der Waals surface area contributed by atoms with E-state index in [0.29, 0.717) is 12.1 Å². The number of amides is 3. The minimum Gasteiger partial charge on any atom is -0.481 e. The average molecular weight is 500 g/mol. The third kappa shape index (κ3) is 7.14. The zero-order valence-corrected chi connectivity index (χ0v) is 21.4. The summed E-state index contributed by atoms with van der Waals surface area (Å²) < 4.78 is 0. The lowest BCUT2D eigenvalue weighted by Gasteiger charge is -2.41. The van der Waals surface area contributed by atoms with Gasteiger partial charge in [-0.05, 0) is 35.9 Å². The lowest BCUT2D eigenvalue weighted by Crippen LogP contribution is -2.62. The molecule has 35 heavy (non-hydrogen) atoms. The summed E-state index contributed by atoms with van der Waals surface area (Å²) in [7, 11) is 0. The quantitative estimate of drug-likeness (QED) is 0.607. The van der Waals surface area contributed by atoms with Crippen LogP contribution in [0.15, 0.2) is 41.8 Å². The predicted octanol–water partition coefficient (Wildman–Crippen LogP) is 3.48. The van der Waals surface area contributed by atoms with E-state index in [9.17, 15) is 24.3 Å². The number of rotatable bonds is 7. The normalized spacial score (nSPS) is 17.1. The summed E-state index contributed by atoms with van der Waals surface area (Å²) in [5.74, 6) is -1.86. The molecule has 2 aromatic rings. The number of thiophene rings is 1. The Morgan fingerprint density at radius 1 is 1.14 bits per heavy atom. The van der Waals surface area contributed by atoms with Gasteiger partial charge in [0.05, 0.1) is 19.0 Å². The van der Waals surface area contributed by atoms with Crippen LogP contribution in [0, 0.1) is 12.3 Å². The Kier molecular flexibility index (Phi) is 8.32. The van der Waals surface area contributed by atoms with Gasteiger partial charge >= 0.3 is 5.97 Å². The Labute approximate surface area is 209 Å². The monoisotopic (exact) mass is 499 g/mol. The summed E-state index contributed by atoms with van der Waals surface area (Å²) in [5.41, 5.74) is 1.22. The molecule has 9 heteroatoms. The number of carbonyl (C=O) groups is 4. The number of benzene rings is 1. The summed E-state index contributed by atoms with van der Waals surface area (Å²) in [6.07, 6.45) is -0.0209. The number of nitrogens with zero attached hydrogens (tertiary/aromatic N) is 2. The van der Waals surface area contributed by atoms with E-state index in [2.05, 4.69) is 5.32 Å². The molecule has 0 radical (unpaired) electrons. The fourth-order valence-electron chi connectivity index (χ4n) is 4.16. The van der Waals surface area contributed by atoms with Crippen LogP contribution in [0.4, 0.5) is 0 Å². The highest BCUT2D eigenvalue weighted by atomic mass is 32.1. The number of carbonyl (C=O) groups excluding carboxylic acids is 3.